The Morgan fingerprint density at radius 3 is 2.81 bits per heavy atom. The smallest absolute Gasteiger partial charge is 0.265 e. The third-order valence-electron chi connectivity index (χ3n) is 2.69. The van der Waals surface area contributed by atoms with Crippen LogP contribution in [0.4, 0.5) is 5.69 Å². The van der Waals surface area contributed by atoms with E-state index in [1.807, 2.05) is 6.07 Å². The molecule has 0 atom stereocenters. The molecule has 0 fully saturated rings. The molecule has 0 spiro atoms. The van der Waals surface area contributed by atoms with E-state index < -0.39 is 10.0 Å². The van der Waals surface area contributed by atoms with Crippen LogP contribution in [0.25, 0.3) is 0 Å². The molecule has 108 valence electrons. The number of aromatic nitrogens is 1. The summed E-state index contributed by atoms with van der Waals surface area (Å²) in [5.41, 5.74) is 1.14. The third kappa shape index (κ3) is 3.35. The number of anilines is 1. The van der Waals surface area contributed by atoms with E-state index in [2.05, 4.69) is 25.6 Å². The van der Waals surface area contributed by atoms with E-state index in [1.54, 1.807) is 19.1 Å². The molecule has 5 nitrogen and oxygen atoms in total. The van der Waals surface area contributed by atoms with Crippen LogP contribution < -0.4 is 4.72 Å². The molecule has 0 aliphatic carbocycles. The lowest BCUT2D eigenvalue weighted by Crippen LogP contribution is -2.15. The highest BCUT2D eigenvalue weighted by Crippen LogP contribution is 2.27. The molecule has 0 bridgehead atoms. The molecule has 1 aromatic carbocycles. The van der Waals surface area contributed by atoms with E-state index in [1.165, 1.54) is 18.3 Å². The van der Waals surface area contributed by atoms with Gasteiger partial charge in [-0.25, -0.2) is 13.4 Å². The van der Waals surface area contributed by atoms with Gasteiger partial charge < -0.3 is 0 Å². The van der Waals surface area contributed by atoms with Crippen molar-refractivity contribution in [1.29, 1.82) is 5.26 Å². The maximum atomic E-state index is 12.4. The second-order valence-corrected chi connectivity index (χ2v) is 7.08. The molecule has 2 rings (SSSR count). The summed E-state index contributed by atoms with van der Waals surface area (Å²) in [4.78, 5) is 3.62. The van der Waals surface area contributed by atoms with Crippen LogP contribution in [0.3, 0.4) is 0 Å². The number of nitrogens with one attached hydrogen (secondary N) is 1. The number of pyridine rings is 1. The quantitative estimate of drug-likeness (QED) is 0.819. The largest absolute Gasteiger partial charge is 0.278 e. The normalized spacial score (nSPS) is 11.0. The second kappa shape index (κ2) is 6.02. The zero-order valence-corrected chi connectivity index (χ0v) is 13.9. The summed E-state index contributed by atoms with van der Waals surface area (Å²) in [6.45, 7) is 1.73. The van der Waals surface area contributed by atoms with Gasteiger partial charge in [-0.1, -0.05) is 23.7 Å². The van der Waals surface area contributed by atoms with Crippen molar-refractivity contribution in [1.82, 2.24) is 4.98 Å². The van der Waals surface area contributed by atoms with E-state index >= 15 is 0 Å². The fourth-order valence-corrected chi connectivity index (χ4v) is 3.71. The number of aryl methyl sites for hydroxylation is 1. The molecule has 0 radical (unpaired) electrons. The van der Waals surface area contributed by atoms with Gasteiger partial charge in [-0.15, -0.1) is 0 Å². The summed E-state index contributed by atoms with van der Waals surface area (Å²) in [6, 6.07) is 8.23. The summed E-state index contributed by atoms with van der Waals surface area (Å²) in [5.74, 6) is 0. The van der Waals surface area contributed by atoms with Crippen molar-refractivity contribution in [3.8, 4) is 6.07 Å². The van der Waals surface area contributed by atoms with E-state index in [0.717, 1.165) is 0 Å². The zero-order valence-electron chi connectivity index (χ0n) is 10.8. The first-order valence-corrected chi connectivity index (χ1v) is 8.34. The predicted octanol–water partition coefficient (Wildman–Crippen LogP) is 3.48. The van der Waals surface area contributed by atoms with E-state index in [4.69, 9.17) is 16.9 Å². The molecule has 21 heavy (non-hydrogen) atoms. The molecule has 1 N–H and O–H groups in total. The molecule has 8 heteroatoms. The fourth-order valence-electron chi connectivity index (χ4n) is 1.69. The molecular formula is C13H9BrClN3O2S. The summed E-state index contributed by atoms with van der Waals surface area (Å²) < 4.78 is 27.6. The molecule has 2 aromatic rings. The lowest BCUT2D eigenvalue weighted by atomic mass is 10.1. The lowest BCUT2D eigenvalue weighted by Gasteiger charge is -2.11. The summed E-state index contributed by atoms with van der Waals surface area (Å²) in [5, 5.41) is 8.99. The summed E-state index contributed by atoms with van der Waals surface area (Å²) in [7, 11) is -3.94. The van der Waals surface area contributed by atoms with Crippen molar-refractivity contribution in [2.45, 2.75) is 11.8 Å². The Labute approximate surface area is 135 Å². The van der Waals surface area contributed by atoms with Crippen molar-refractivity contribution < 1.29 is 8.42 Å². The van der Waals surface area contributed by atoms with E-state index in [-0.39, 0.29) is 21.3 Å². The third-order valence-corrected chi connectivity index (χ3v) is 4.92. The zero-order chi connectivity index (χ0) is 15.6. The highest BCUT2D eigenvalue weighted by atomic mass is 79.9. The molecule has 0 amide bonds. The molecule has 1 aromatic heterocycles. The predicted molar refractivity (Wildman–Crippen MR) is 83.6 cm³/mol. The lowest BCUT2D eigenvalue weighted by molar-refractivity contribution is 0.601. The standard InChI is InChI=1S/C13H9BrClN3O2S/c1-8-3-2-4-11(10(8)6-16)18-21(19,20)12-5-9(14)7-17-13(12)15/h2-5,7,18H,1H3. The maximum absolute atomic E-state index is 12.4. The molecule has 0 saturated carbocycles. The fraction of sp³-hybridized carbons (Fsp3) is 0.0769. The van der Waals surface area contributed by atoms with Crippen molar-refractivity contribution in [3.05, 3.63) is 51.2 Å². The molecule has 0 unspecified atom stereocenters. The van der Waals surface area contributed by atoms with Gasteiger partial charge in [-0.3, -0.25) is 4.72 Å². The topological polar surface area (TPSA) is 82.8 Å². The van der Waals surface area contributed by atoms with Gasteiger partial charge in [0.2, 0.25) is 0 Å². The van der Waals surface area contributed by atoms with Crippen molar-refractivity contribution in [2.24, 2.45) is 0 Å². The van der Waals surface area contributed by atoms with Gasteiger partial charge in [-0.05, 0) is 40.5 Å². The highest BCUT2D eigenvalue weighted by Gasteiger charge is 2.21. The van der Waals surface area contributed by atoms with Crippen LogP contribution in [0.5, 0.6) is 0 Å². The average Bonchev–Trinajstić information content (AvgIpc) is 2.41. The Morgan fingerprint density at radius 2 is 2.14 bits per heavy atom. The van der Waals surface area contributed by atoms with Gasteiger partial charge in [0, 0.05) is 10.7 Å². The van der Waals surface area contributed by atoms with Crippen molar-refractivity contribution in [2.75, 3.05) is 4.72 Å². The first kappa shape index (κ1) is 15.8. The second-order valence-electron chi connectivity index (χ2n) is 4.16. The summed E-state index contributed by atoms with van der Waals surface area (Å²) in [6.07, 6.45) is 1.40. The van der Waals surface area contributed by atoms with E-state index in [0.29, 0.717) is 10.0 Å². The monoisotopic (exact) mass is 385 g/mol. The average molecular weight is 387 g/mol. The van der Waals surface area contributed by atoms with Gasteiger partial charge in [-0.2, -0.15) is 5.26 Å². The number of nitriles is 1. The number of nitrogens with zero attached hydrogens (tertiary/aromatic N) is 2. The van der Waals surface area contributed by atoms with Crippen LogP contribution >= 0.6 is 27.5 Å². The van der Waals surface area contributed by atoms with Crippen LogP contribution in [0.1, 0.15) is 11.1 Å². The van der Waals surface area contributed by atoms with Gasteiger partial charge in [0.05, 0.1) is 11.3 Å². The van der Waals surface area contributed by atoms with Gasteiger partial charge in [0.25, 0.3) is 10.0 Å². The van der Waals surface area contributed by atoms with Crippen LogP contribution in [-0.2, 0) is 10.0 Å². The summed E-state index contributed by atoms with van der Waals surface area (Å²) >= 11 is 8.98. The highest BCUT2D eigenvalue weighted by molar-refractivity contribution is 9.10. The van der Waals surface area contributed by atoms with E-state index in [9.17, 15) is 8.42 Å². The van der Waals surface area contributed by atoms with Crippen LogP contribution in [0, 0.1) is 18.3 Å². The van der Waals surface area contributed by atoms with Gasteiger partial charge >= 0.3 is 0 Å². The minimum absolute atomic E-state index is 0.142. The number of hydrogen-bond acceptors (Lipinski definition) is 4. The van der Waals surface area contributed by atoms with Gasteiger partial charge in [0.15, 0.2) is 0 Å². The molecule has 0 aliphatic heterocycles. The molecule has 0 saturated heterocycles. The number of halogens is 2. The Morgan fingerprint density at radius 1 is 1.43 bits per heavy atom. The molecule has 0 aliphatic rings. The van der Waals surface area contributed by atoms with Crippen LogP contribution in [-0.4, -0.2) is 13.4 Å². The Hall–Kier alpha value is -1.62. The van der Waals surface area contributed by atoms with Crippen molar-refractivity contribution in [3.63, 3.8) is 0 Å². The number of benzene rings is 1. The number of rotatable bonds is 3. The van der Waals surface area contributed by atoms with Gasteiger partial charge in [0.1, 0.15) is 16.1 Å². The van der Waals surface area contributed by atoms with Crippen LogP contribution in [0.2, 0.25) is 5.15 Å². The molecular weight excluding hydrogens is 378 g/mol. The maximum Gasteiger partial charge on any atom is 0.265 e. The first-order valence-electron chi connectivity index (χ1n) is 5.69. The minimum Gasteiger partial charge on any atom is -0.278 e. The number of sulfonamides is 1. The number of hydrogen-bond donors (Lipinski definition) is 1. The Kier molecular flexibility index (Phi) is 4.52. The van der Waals surface area contributed by atoms with Crippen molar-refractivity contribution >= 4 is 43.2 Å². The van der Waals surface area contributed by atoms with Crippen LogP contribution in [0.15, 0.2) is 39.8 Å². The Bertz CT molecular complexity index is 847. The Balaban J connectivity index is 2.51. The minimum atomic E-state index is -3.94. The molecule has 1 heterocycles. The first-order chi connectivity index (χ1) is 9.85. The SMILES string of the molecule is Cc1cccc(NS(=O)(=O)c2cc(Br)cnc2Cl)c1C#N.